The molecule has 0 N–H and O–H groups in total. The molecule has 3 rings (SSSR count). The number of aromatic nitrogens is 1. The quantitative estimate of drug-likeness (QED) is 0.605. The van der Waals surface area contributed by atoms with Gasteiger partial charge >= 0.3 is 5.97 Å². The van der Waals surface area contributed by atoms with Gasteiger partial charge < -0.3 is 14.2 Å². The smallest absolute Gasteiger partial charge is 0.318 e. The minimum atomic E-state index is -0.206. The summed E-state index contributed by atoms with van der Waals surface area (Å²) in [7, 11) is 1.89. The molecule has 1 aliphatic heterocycles. The van der Waals surface area contributed by atoms with Crippen molar-refractivity contribution >= 4 is 23.6 Å². The predicted molar refractivity (Wildman–Crippen MR) is 117 cm³/mol. The van der Waals surface area contributed by atoms with E-state index in [9.17, 15) is 9.59 Å². The fraction of sp³-hybridized carbons (Fsp3) is 0.478. The molecule has 2 aromatic rings. The van der Waals surface area contributed by atoms with Crippen LogP contribution in [0.2, 0.25) is 0 Å². The third kappa shape index (κ3) is 5.89. The van der Waals surface area contributed by atoms with E-state index in [1.807, 2.05) is 60.0 Å². The molecule has 2 atom stereocenters. The first kappa shape index (κ1) is 21.5. The summed E-state index contributed by atoms with van der Waals surface area (Å²) in [5.41, 5.74) is 1.91. The molecule has 0 saturated carbocycles. The lowest BCUT2D eigenvalue weighted by molar-refractivity contribution is -0.143. The standard InChI is InChI=1S/C23H30N2O3S/c1-18(29-17-19-9-4-3-5-10-19)23(27)28-16-13-20-11-6-7-15-25(20)22(26)21-12-8-14-24(21)2/h3-5,8-10,12,14,18,20H,6-7,11,13,15-17H2,1-2H3. The van der Waals surface area contributed by atoms with Crippen LogP contribution in [-0.4, -0.2) is 45.8 Å². The Balaban J connectivity index is 1.45. The number of esters is 1. The SMILES string of the molecule is CC(SCc1ccccc1)C(=O)OCCC1CCCCN1C(=O)c1cccn1C. The Morgan fingerprint density at radius 1 is 1.17 bits per heavy atom. The van der Waals surface area contributed by atoms with Crippen LogP contribution in [0.4, 0.5) is 0 Å². The van der Waals surface area contributed by atoms with Crippen molar-refractivity contribution in [2.24, 2.45) is 7.05 Å². The van der Waals surface area contributed by atoms with Crippen molar-refractivity contribution in [2.75, 3.05) is 13.2 Å². The maximum absolute atomic E-state index is 12.9. The van der Waals surface area contributed by atoms with Crippen LogP contribution in [0.3, 0.4) is 0 Å². The van der Waals surface area contributed by atoms with Gasteiger partial charge in [-0.15, -0.1) is 11.8 Å². The fourth-order valence-electron chi connectivity index (χ4n) is 3.67. The number of benzene rings is 1. The molecule has 0 radical (unpaired) electrons. The maximum Gasteiger partial charge on any atom is 0.318 e. The Kier molecular flexibility index (Phi) is 7.81. The topological polar surface area (TPSA) is 51.5 Å². The highest BCUT2D eigenvalue weighted by atomic mass is 32.2. The lowest BCUT2D eigenvalue weighted by Crippen LogP contribution is -2.45. The van der Waals surface area contributed by atoms with Gasteiger partial charge in [-0.05, 0) is 43.9 Å². The number of carbonyl (C=O) groups excluding carboxylic acids is 2. The summed E-state index contributed by atoms with van der Waals surface area (Å²) in [6, 6.07) is 14.0. The van der Waals surface area contributed by atoms with Crippen LogP contribution >= 0.6 is 11.8 Å². The number of carbonyl (C=O) groups is 2. The monoisotopic (exact) mass is 414 g/mol. The van der Waals surface area contributed by atoms with Crippen molar-refractivity contribution in [3.63, 3.8) is 0 Å². The molecule has 1 aromatic heterocycles. The molecule has 1 fully saturated rings. The number of piperidine rings is 1. The van der Waals surface area contributed by atoms with E-state index in [4.69, 9.17) is 4.74 Å². The number of likely N-dealkylation sites (tertiary alicyclic amines) is 1. The molecule has 2 unspecified atom stereocenters. The van der Waals surface area contributed by atoms with Gasteiger partial charge in [-0.2, -0.15) is 0 Å². The molecule has 0 bridgehead atoms. The molecular weight excluding hydrogens is 384 g/mol. The molecule has 1 saturated heterocycles. The highest BCUT2D eigenvalue weighted by Gasteiger charge is 2.28. The molecule has 5 nitrogen and oxygen atoms in total. The summed E-state index contributed by atoms with van der Waals surface area (Å²) in [5, 5.41) is -0.206. The van der Waals surface area contributed by atoms with Crippen molar-refractivity contribution in [1.29, 1.82) is 0 Å². The first-order valence-electron chi connectivity index (χ1n) is 10.3. The molecule has 1 aliphatic rings. The van der Waals surface area contributed by atoms with Crippen molar-refractivity contribution in [3.8, 4) is 0 Å². The number of nitrogens with zero attached hydrogens (tertiary/aromatic N) is 2. The van der Waals surface area contributed by atoms with Gasteiger partial charge in [0.2, 0.25) is 0 Å². The summed E-state index contributed by atoms with van der Waals surface area (Å²) < 4.78 is 7.40. The van der Waals surface area contributed by atoms with Crippen LogP contribution in [0, 0.1) is 0 Å². The van der Waals surface area contributed by atoms with Crippen LogP contribution < -0.4 is 0 Å². The van der Waals surface area contributed by atoms with E-state index in [1.54, 1.807) is 11.8 Å². The predicted octanol–water partition coefficient (Wildman–Crippen LogP) is 4.28. The number of aryl methyl sites for hydroxylation is 1. The number of hydrogen-bond donors (Lipinski definition) is 0. The number of hydrogen-bond acceptors (Lipinski definition) is 4. The van der Waals surface area contributed by atoms with E-state index in [-0.39, 0.29) is 23.2 Å². The Hall–Kier alpha value is -2.21. The lowest BCUT2D eigenvalue weighted by atomic mass is 9.99. The van der Waals surface area contributed by atoms with Crippen LogP contribution in [0.15, 0.2) is 48.7 Å². The summed E-state index contributed by atoms with van der Waals surface area (Å²) in [4.78, 5) is 27.2. The van der Waals surface area contributed by atoms with E-state index < -0.39 is 0 Å². The maximum atomic E-state index is 12.9. The summed E-state index contributed by atoms with van der Waals surface area (Å²) in [6.45, 7) is 3.02. The van der Waals surface area contributed by atoms with Gasteiger partial charge in [0.1, 0.15) is 5.69 Å². The van der Waals surface area contributed by atoms with E-state index in [0.29, 0.717) is 18.7 Å². The molecule has 156 valence electrons. The molecule has 1 amide bonds. The van der Waals surface area contributed by atoms with Crippen molar-refractivity contribution in [1.82, 2.24) is 9.47 Å². The zero-order valence-corrected chi connectivity index (χ0v) is 18.1. The second-order valence-corrected chi connectivity index (χ2v) is 8.88. The van der Waals surface area contributed by atoms with E-state index in [0.717, 1.165) is 31.6 Å². The van der Waals surface area contributed by atoms with Gasteiger partial charge in [0.25, 0.3) is 5.91 Å². The van der Waals surface area contributed by atoms with Gasteiger partial charge in [0.15, 0.2) is 0 Å². The summed E-state index contributed by atoms with van der Waals surface area (Å²) in [5.74, 6) is 0.681. The first-order valence-corrected chi connectivity index (χ1v) is 11.4. The molecule has 0 aliphatic carbocycles. The average molecular weight is 415 g/mol. The molecule has 0 spiro atoms. The molecular formula is C23H30N2O3S. The van der Waals surface area contributed by atoms with Gasteiger partial charge in [-0.25, -0.2) is 0 Å². The fourth-order valence-corrected chi connectivity index (χ4v) is 4.51. The third-order valence-corrected chi connectivity index (χ3v) is 6.61. The molecule has 6 heteroatoms. The van der Waals surface area contributed by atoms with Gasteiger partial charge in [0.05, 0.1) is 11.9 Å². The number of amides is 1. The Labute approximate surface area is 177 Å². The summed E-state index contributed by atoms with van der Waals surface area (Å²) >= 11 is 1.59. The van der Waals surface area contributed by atoms with Crippen LogP contribution in [0.1, 0.15) is 48.7 Å². The largest absolute Gasteiger partial charge is 0.465 e. The van der Waals surface area contributed by atoms with E-state index in [1.165, 1.54) is 5.56 Å². The number of thioether (sulfide) groups is 1. The Bertz CT molecular complexity index is 805. The Morgan fingerprint density at radius 2 is 1.97 bits per heavy atom. The van der Waals surface area contributed by atoms with E-state index in [2.05, 4.69) is 12.1 Å². The van der Waals surface area contributed by atoms with E-state index >= 15 is 0 Å². The number of rotatable bonds is 8. The average Bonchev–Trinajstić information content (AvgIpc) is 3.18. The first-order chi connectivity index (χ1) is 14.1. The van der Waals surface area contributed by atoms with Crippen LogP contribution in [0.25, 0.3) is 0 Å². The van der Waals surface area contributed by atoms with Crippen molar-refractivity contribution in [2.45, 2.75) is 49.7 Å². The highest BCUT2D eigenvalue weighted by molar-refractivity contribution is 7.99. The van der Waals surface area contributed by atoms with Crippen LogP contribution in [-0.2, 0) is 22.3 Å². The molecule has 1 aromatic carbocycles. The third-order valence-electron chi connectivity index (χ3n) is 5.42. The second kappa shape index (κ2) is 10.5. The Morgan fingerprint density at radius 3 is 2.69 bits per heavy atom. The minimum Gasteiger partial charge on any atom is -0.465 e. The van der Waals surface area contributed by atoms with Gasteiger partial charge in [0, 0.05) is 38.0 Å². The number of ether oxygens (including phenoxy) is 1. The van der Waals surface area contributed by atoms with Crippen molar-refractivity contribution < 1.29 is 14.3 Å². The highest BCUT2D eigenvalue weighted by Crippen LogP contribution is 2.23. The summed E-state index contributed by atoms with van der Waals surface area (Å²) in [6.07, 6.45) is 5.69. The second-order valence-electron chi connectivity index (χ2n) is 7.55. The van der Waals surface area contributed by atoms with Gasteiger partial charge in [-0.3, -0.25) is 9.59 Å². The van der Waals surface area contributed by atoms with Gasteiger partial charge in [-0.1, -0.05) is 30.3 Å². The van der Waals surface area contributed by atoms with Crippen molar-refractivity contribution in [3.05, 3.63) is 59.9 Å². The zero-order chi connectivity index (χ0) is 20.6. The lowest BCUT2D eigenvalue weighted by Gasteiger charge is -2.35. The zero-order valence-electron chi connectivity index (χ0n) is 17.3. The van der Waals surface area contributed by atoms with Crippen LogP contribution in [0.5, 0.6) is 0 Å². The normalized spacial score (nSPS) is 17.7. The molecule has 2 heterocycles. The minimum absolute atomic E-state index is 0.0697. The molecule has 29 heavy (non-hydrogen) atoms.